The Kier molecular flexibility index (Phi) is 7.66. The van der Waals surface area contributed by atoms with Gasteiger partial charge in [-0.05, 0) is 18.9 Å². The fourth-order valence-electron chi connectivity index (χ4n) is 1.48. The number of hydrogen-bond donors (Lipinski definition) is 0. The molecule has 0 radical (unpaired) electrons. The highest BCUT2D eigenvalue weighted by molar-refractivity contribution is 5.89. The van der Waals surface area contributed by atoms with E-state index in [1.54, 1.807) is 6.08 Å². The summed E-state index contributed by atoms with van der Waals surface area (Å²) in [5.74, 6) is 0.883. The van der Waals surface area contributed by atoms with Gasteiger partial charge in [-0.2, -0.15) is 0 Å². The molecule has 1 nitrogen and oxygen atoms in total. The largest absolute Gasteiger partial charge is 0.295 e. The number of unbranched alkanes of at least 4 members (excludes halogenated alkanes) is 1. The van der Waals surface area contributed by atoms with Gasteiger partial charge in [0.05, 0.1) is 0 Å². The minimum atomic E-state index is 0.283. The first kappa shape index (κ1) is 12.4. The van der Waals surface area contributed by atoms with Crippen molar-refractivity contribution in [2.75, 3.05) is 0 Å². The SMILES string of the molecule is C/C=C/C(=O)CC(CC)CCCC. The van der Waals surface area contributed by atoms with Crippen LogP contribution in [-0.4, -0.2) is 5.78 Å². The van der Waals surface area contributed by atoms with Gasteiger partial charge in [0.1, 0.15) is 0 Å². The van der Waals surface area contributed by atoms with Gasteiger partial charge in [-0.1, -0.05) is 45.6 Å². The third kappa shape index (κ3) is 6.56. The molecule has 0 aromatic rings. The molecule has 0 N–H and O–H groups in total. The van der Waals surface area contributed by atoms with Crippen LogP contribution in [0.4, 0.5) is 0 Å². The molecule has 0 heterocycles. The van der Waals surface area contributed by atoms with Crippen molar-refractivity contribution >= 4 is 5.78 Å². The van der Waals surface area contributed by atoms with Crippen LogP contribution < -0.4 is 0 Å². The molecular weight excluding hydrogens is 160 g/mol. The predicted molar refractivity (Wildman–Crippen MR) is 57.7 cm³/mol. The molecule has 0 amide bonds. The van der Waals surface area contributed by atoms with E-state index >= 15 is 0 Å². The summed E-state index contributed by atoms with van der Waals surface area (Å²) >= 11 is 0. The molecule has 0 aliphatic heterocycles. The van der Waals surface area contributed by atoms with Crippen LogP contribution >= 0.6 is 0 Å². The van der Waals surface area contributed by atoms with E-state index in [4.69, 9.17) is 0 Å². The van der Waals surface area contributed by atoms with Crippen LogP contribution in [0.3, 0.4) is 0 Å². The first-order valence-corrected chi connectivity index (χ1v) is 5.40. The molecule has 0 aromatic heterocycles. The fraction of sp³-hybridized carbons (Fsp3) is 0.750. The highest BCUT2D eigenvalue weighted by Crippen LogP contribution is 2.16. The van der Waals surface area contributed by atoms with E-state index in [1.165, 1.54) is 19.3 Å². The number of ketones is 1. The lowest BCUT2D eigenvalue weighted by molar-refractivity contribution is -0.115. The Morgan fingerprint density at radius 3 is 2.54 bits per heavy atom. The van der Waals surface area contributed by atoms with E-state index in [-0.39, 0.29) is 5.78 Å². The smallest absolute Gasteiger partial charge is 0.155 e. The van der Waals surface area contributed by atoms with Gasteiger partial charge in [-0.15, -0.1) is 0 Å². The highest BCUT2D eigenvalue weighted by atomic mass is 16.1. The maximum atomic E-state index is 11.3. The van der Waals surface area contributed by atoms with E-state index in [1.807, 2.05) is 13.0 Å². The van der Waals surface area contributed by atoms with Gasteiger partial charge < -0.3 is 0 Å². The molecule has 0 saturated carbocycles. The van der Waals surface area contributed by atoms with Crippen molar-refractivity contribution in [3.05, 3.63) is 12.2 Å². The van der Waals surface area contributed by atoms with Crippen LogP contribution in [0.15, 0.2) is 12.2 Å². The van der Waals surface area contributed by atoms with Crippen molar-refractivity contribution in [1.29, 1.82) is 0 Å². The van der Waals surface area contributed by atoms with E-state index in [0.29, 0.717) is 5.92 Å². The first-order valence-electron chi connectivity index (χ1n) is 5.40. The van der Waals surface area contributed by atoms with Gasteiger partial charge in [0.25, 0.3) is 0 Å². The quantitative estimate of drug-likeness (QED) is 0.548. The molecule has 1 unspecified atom stereocenters. The van der Waals surface area contributed by atoms with Crippen LogP contribution in [-0.2, 0) is 4.79 Å². The first-order chi connectivity index (χ1) is 6.24. The van der Waals surface area contributed by atoms with E-state index < -0.39 is 0 Å². The van der Waals surface area contributed by atoms with Crippen molar-refractivity contribution in [3.63, 3.8) is 0 Å². The standard InChI is InChI=1S/C12H22O/c1-4-7-9-11(6-3)10-12(13)8-5-2/h5,8,11H,4,6-7,9-10H2,1-3H3/b8-5+. The van der Waals surface area contributed by atoms with Gasteiger partial charge in [-0.25, -0.2) is 0 Å². The van der Waals surface area contributed by atoms with Crippen molar-refractivity contribution < 1.29 is 4.79 Å². The second kappa shape index (κ2) is 8.03. The Bertz CT molecular complexity index is 159. The molecule has 0 fully saturated rings. The maximum absolute atomic E-state index is 11.3. The minimum Gasteiger partial charge on any atom is -0.295 e. The minimum absolute atomic E-state index is 0.283. The van der Waals surface area contributed by atoms with E-state index in [0.717, 1.165) is 12.8 Å². The Labute approximate surface area is 82.2 Å². The average Bonchev–Trinajstić information content (AvgIpc) is 2.12. The lowest BCUT2D eigenvalue weighted by Crippen LogP contribution is -2.05. The number of rotatable bonds is 7. The third-order valence-electron chi connectivity index (χ3n) is 2.39. The van der Waals surface area contributed by atoms with Crippen LogP contribution in [0.1, 0.15) is 52.9 Å². The summed E-state index contributed by atoms with van der Waals surface area (Å²) in [7, 11) is 0. The van der Waals surface area contributed by atoms with Gasteiger partial charge in [0.15, 0.2) is 5.78 Å². The molecular formula is C12H22O. The van der Waals surface area contributed by atoms with Gasteiger partial charge in [-0.3, -0.25) is 4.79 Å². The Balaban J connectivity index is 3.76. The summed E-state index contributed by atoms with van der Waals surface area (Å²) in [4.78, 5) is 11.3. The van der Waals surface area contributed by atoms with Gasteiger partial charge >= 0.3 is 0 Å². The topological polar surface area (TPSA) is 17.1 Å². The summed E-state index contributed by atoms with van der Waals surface area (Å²) in [6, 6.07) is 0. The zero-order valence-electron chi connectivity index (χ0n) is 9.18. The third-order valence-corrected chi connectivity index (χ3v) is 2.39. The van der Waals surface area contributed by atoms with Crippen LogP contribution in [0.5, 0.6) is 0 Å². The normalized spacial score (nSPS) is 13.5. The summed E-state index contributed by atoms with van der Waals surface area (Å²) in [6.07, 6.45) is 9.07. The van der Waals surface area contributed by atoms with Crippen molar-refractivity contribution in [2.24, 2.45) is 5.92 Å². The molecule has 0 saturated heterocycles. The van der Waals surface area contributed by atoms with E-state index in [2.05, 4.69) is 13.8 Å². The number of carbonyl (C=O) groups is 1. The fourth-order valence-corrected chi connectivity index (χ4v) is 1.48. The molecule has 0 aliphatic rings. The van der Waals surface area contributed by atoms with E-state index in [9.17, 15) is 4.79 Å². The Hall–Kier alpha value is -0.590. The maximum Gasteiger partial charge on any atom is 0.155 e. The second-order valence-corrected chi connectivity index (χ2v) is 3.59. The summed E-state index contributed by atoms with van der Waals surface area (Å²) in [5, 5.41) is 0. The summed E-state index contributed by atoms with van der Waals surface area (Å²) < 4.78 is 0. The molecule has 1 heteroatoms. The molecule has 13 heavy (non-hydrogen) atoms. The lowest BCUT2D eigenvalue weighted by Gasteiger charge is -2.11. The molecule has 0 rings (SSSR count). The van der Waals surface area contributed by atoms with Crippen LogP contribution in [0, 0.1) is 5.92 Å². The van der Waals surface area contributed by atoms with Gasteiger partial charge in [0.2, 0.25) is 0 Å². The van der Waals surface area contributed by atoms with Gasteiger partial charge in [0, 0.05) is 6.42 Å². The molecule has 0 bridgehead atoms. The molecule has 0 aliphatic carbocycles. The molecule has 0 spiro atoms. The zero-order chi connectivity index (χ0) is 10.1. The molecule has 0 aromatic carbocycles. The number of allylic oxidation sites excluding steroid dienone is 2. The lowest BCUT2D eigenvalue weighted by atomic mass is 9.94. The Morgan fingerprint density at radius 1 is 1.38 bits per heavy atom. The molecule has 1 atom stereocenters. The monoisotopic (exact) mass is 182 g/mol. The Morgan fingerprint density at radius 2 is 2.08 bits per heavy atom. The average molecular weight is 182 g/mol. The summed E-state index contributed by atoms with van der Waals surface area (Å²) in [5.41, 5.74) is 0. The predicted octanol–water partition coefficient (Wildman–Crippen LogP) is 3.74. The summed E-state index contributed by atoms with van der Waals surface area (Å²) in [6.45, 7) is 6.26. The van der Waals surface area contributed by atoms with Crippen molar-refractivity contribution in [1.82, 2.24) is 0 Å². The number of carbonyl (C=O) groups excluding carboxylic acids is 1. The van der Waals surface area contributed by atoms with Crippen molar-refractivity contribution in [2.45, 2.75) is 52.9 Å². The zero-order valence-corrected chi connectivity index (χ0v) is 9.18. The second-order valence-electron chi connectivity index (χ2n) is 3.59. The van der Waals surface area contributed by atoms with Crippen LogP contribution in [0.2, 0.25) is 0 Å². The van der Waals surface area contributed by atoms with Crippen LogP contribution in [0.25, 0.3) is 0 Å². The highest BCUT2D eigenvalue weighted by Gasteiger charge is 2.08. The molecule has 76 valence electrons. The number of hydrogen-bond acceptors (Lipinski definition) is 1. The van der Waals surface area contributed by atoms with Crippen molar-refractivity contribution in [3.8, 4) is 0 Å².